The molecule has 0 amide bonds. The number of nitriles is 1. The lowest BCUT2D eigenvalue weighted by Crippen LogP contribution is -2.49. The fourth-order valence-corrected chi connectivity index (χ4v) is 4.49. The Hall–Kier alpha value is -1.38. The Morgan fingerprint density at radius 2 is 1.90 bits per heavy atom. The molecule has 0 atom stereocenters. The van der Waals surface area contributed by atoms with Gasteiger partial charge in [0.1, 0.15) is 5.54 Å². The summed E-state index contributed by atoms with van der Waals surface area (Å²) in [5, 5.41) is 9.45. The molecule has 114 valence electrons. The molecule has 1 aromatic carbocycles. The van der Waals surface area contributed by atoms with E-state index in [4.69, 9.17) is 0 Å². The molecule has 0 unspecified atom stereocenters. The first-order valence-electron chi connectivity index (χ1n) is 7.45. The van der Waals surface area contributed by atoms with Gasteiger partial charge in [0.25, 0.3) is 0 Å². The standard InChI is InChI=1S/C16H22N2O2S/c1-2-14-8-10-16(13-17,11-9-14)18-21(19,20)12-15-6-4-3-5-7-15/h3-7,14,18H,2,8-12H2,1H3. The van der Waals surface area contributed by atoms with Crippen LogP contribution in [0, 0.1) is 17.2 Å². The average molecular weight is 306 g/mol. The van der Waals surface area contributed by atoms with E-state index in [1.807, 2.05) is 18.2 Å². The van der Waals surface area contributed by atoms with Crippen LogP contribution >= 0.6 is 0 Å². The van der Waals surface area contributed by atoms with Crippen molar-refractivity contribution in [3.05, 3.63) is 35.9 Å². The molecule has 0 spiro atoms. The van der Waals surface area contributed by atoms with Gasteiger partial charge in [-0.3, -0.25) is 0 Å². The van der Waals surface area contributed by atoms with Gasteiger partial charge in [-0.05, 0) is 37.2 Å². The lowest BCUT2D eigenvalue weighted by molar-refractivity contribution is 0.259. The summed E-state index contributed by atoms with van der Waals surface area (Å²) in [5.41, 5.74) is -0.181. The van der Waals surface area contributed by atoms with Crippen molar-refractivity contribution < 1.29 is 8.42 Å². The van der Waals surface area contributed by atoms with Crippen LogP contribution in [0.15, 0.2) is 30.3 Å². The first kappa shape index (κ1) is 16.0. The number of hydrogen-bond donors (Lipinski definition) is 1. The van der Waals surface area contributed by atoms with Gasteiger partial charge >= 0.3 is 0 Å². The van der Waals surface area contributed by atoms with E-state index in [-0.39, 0.29) is 5.75 Å². The van der Waals surface area contributed by atoms with Crippen LogP contribution in [0.5, 0.6) is 0 Å². The van der Waals surface area contributed by atoms with Gasteiger partial charge in [-0.2, -0.15) is 9.98 Å². The molecule has 0 aromatic heterocycles. The maximum atomic E-state index is 12.3. The zero-order valence-corrected chi connectivity index (χ0v) is 13.2. The Morgan fingerprint density at radius 3 is 2.43 bits per heavy atom. The molecular weight excluding hydrogens is 284 g/mol. The van der Waals surface area contributed by atoms with Crippen LogP contribution < -0.4 is 4.72 Å². The summed E-state index contributed by atoms with van der Waals surface area (Å²) in [5.74, 6) is 0.541. The van der Waals surface area contributed by atoms with Crippen molar-refractivity contribution in [3.8, 4) is 6.07 Å². The van der Waals surface area contributed by atoms with Crippen LogP contribution in [0.4, 0.5) is 0 Å². The van der Waals surface area contributed by atoms with E-state index < -0.39 is 15.6 Å². The molecule has 0 heterocycles. The molecule has 1 aromatic rings. The Balaban J connectivity index is 2.06. The third-order valence-corrected chi connectivity index (χ3v) is 5.72. The van der Waals surface area contributed by atoms with Gasteiger partial charge in [0.2, 0.25) is 10.0 Å². The molecular formula is C16H22N2O2S. The monoisotopic (exact) mass is 306 g/mol. The molecule has 2 rings (SSSR count). The maximum absolute atomic E-state index is 12.3. The quantitative estimate of drug-likeness (QED) is 0.909. The van der Waals surface area contributed by atoms with E-state index in [2.05, 4.69) is 17.7 Å². The maximum Gasteiger partial charge on any atom is 0.217 e. The summed E-state index contributed by atoms with van der Waals surface area (Å²) in [6, 6.07) is 11.3. The number of sulfonamides is 1. The second-order valence-corrected chi connectivity index (χ2v) is 7.61. The number of rotatable bonds is 5. The minimum atomic E-state index is -3.50. The van der Waals surface area contributed by atoms with E-state index >= 15 is 0 Å². The number of nitrogens with one attached hydrogen (secondary N) is 1. The Bertz CT molecular complexity index is 597. The first-order chi connectivity index (χ1) is 9.99. The predicted octanol–water partition coefficient (Wildman–Crippen LogP) is 2.97. The topological polar surface area (TPSA) is 70.0 Å². The second kappa shape index (κ2) is 6.59. The van der Waals surface area contributed by atoms with Crippen LogP contribution in [0.1, 0.15) is 44.6 Å². The van der Waals surface area contributed by atoms with Crippen LogP contribution in [0.25, 0.3) is 0 Å². The van der Waals surface area contributed by atoms with E-state index in [0.717, 1.165) is 24.8 Å². The van der Waals surface area contributed by atoms with E-state index in [0.29, 0.717) is 18.8 Å². The summed E-state index contributed by atoms with van der Waals surface area (Å²) in [4.78, 5) is 0. The van der Waals surface area contributed by atoms with Crippen molar-refractivity contribution >= 4 is 10.0 Å². The molecule has 0 radical (unpaired) electrons. The van der Waals surface area contributed by atoms with E-state index in [1.54, 1.807) is 12.1 Å². The van der Waals surface area contributed by atoms with Crippen molar-refractivity contribution in [1.29, 1.82) is 5.26 Å². The molecule has 1 fully saturated rings. The van der Waals surface area contributed by atoms with Gasteiger partial charge in [0.15, 0.2) is 0 Å². The van der Waals surface area contributed by atoms with Crippen molar-refractivity contribution in [3.63, 3.8) is 0 Å². The summed E-state index contributed by atoms with van der Waals surface area (Å²) >= 11 is 0. The highest BCUT2D eigenvalue weighted by Gasteiger charge is 2.38. The third kappa shape index (κ3) is 4.29. The van der Waals surface area contributed by atoms with Gasteiger partial charge in [-0.15, -0.1) is 0 Å². The van der Waals surface area contributed by atoms with Gasteiger partial charge in [-0.1, -0.05) is 43.7 Å². The van der Waals surface area contributed by atoms with Crippen LogP contribution in [0.3, 0.4) is 0 Å². The predicted molar refractivity (Wildman–Crippen MR) is 82.8 cm³/mol. The van der Waals surface area contributed by atoms with Gasteiger partial charge in [0.05, 0.1) is 11.8 Å². The molecule has 1 saturated carbocycles. The Labute approximate surface area is 127 Å². The zero-order valence-electron chi connectivity index (χ0n) is 12.4. The van der Waals surface area contributed by atoms with Gasteiger partial charge in [-0.25, -0.2) is 8.42 Å². The Kier molecular flexibility index (Phi) is 5.02. The fourth-order valence-electron chi connectivity index (χ4n) is 2.94. The second-order valence-electron chi connectivity index (χ2n) is 5.89. The minimum Gasteiger partial charge on any atom is -0.212 e. The normalized spacial score (nSPS) is 26.2. The molecule has 0 bridgehead atoms. The van der Waals surface area contributed by atoms with Crippen molar-refractivity contribution in [1.82, 2.24) is 4.72 Å². The molecule has 1 aliphatic carbocycles. The molecule has 0 saturated heterocycles. The highest BCUT2D eigenvalue weighted by atomic mass is 32.2. The summed E-state index contributed by atoms with van der Waals surface area (Å²) in [7, 11) is -3.50. The van der Waals surface area contributed by atoms with Gasteiger partial charge < -0.3 is 0 Å². The SMILES string of the molecule is CCC1CCC(C#N)(NS(=O)(=O)Cc2ccccc2)CC1. The molecule has 4 nitrogen and oxygen atoms in total. The third-order valence-electron chi connectivity index (χ3n) is 4.30. The molecule has 1 N–H and O–H groups in total. The van der Waals surface area contributed by atoms with Crippen LogP contribution in [-0.2, 0) is 15.8 Å². The first-order valence-corrected chi connectivity index (χ1v) is 9.11. The highest BCUT2D eigenvalue weighted by Crippen LogP contribution is 2.34. The molecule has 5 heteroatoms. The Morgan fingerprint density at radius 1 is 1.29 bits per heavy atom. The van der Waals surface area contributed by atoms with E-state index in [1.165, 1.54) is 0 Å². The summed E-state index contributed by atoms with van der Waals surface area (Å²) in [6.07, 6.45) is 4.14. The van der Waals surface area contributed by atoms with Crippen LogP contribution in [-0.4, -0.2) is 14.0 Å². The van der Waals surface area contributed by atoms with Gasteiger partial charge in [0, 0.05) is 0 Å². The summed E-state index contributed by atoms with van der Waals surface area (Å²) < 4.78 is 27.3. The molecule has 1 aliphatic rings. The number of hydrogen-bond acceptors (Lipinski definition) is 3. The molecule has 21 heavy (non-hydrogen) atoms. The summed E-state index contributed by atoms with van der Waals surface area (Å²) in [6.45, 7) is 2.14. The van der Waals surface area contributed by atoms with Crippen molar-refractivity contribution in [2.75, 3.05) is 0 Å². The molecule has 0 aliphatic heterocycles. The fraction of sp³-hybridized carbons (Fsp3) is 0.562. The smallest absolute Gasteiger partial charge is 0.212 e. The zero-order chi connectivity index (χ0) is 15.3. The minimum absolute atomic E-state index is 0.0749. The van der Waals surface area contributed by atoms with Crippen LogP contribution in [0.2, 0.25) is 0 Å². The average Bonchev–Trinajstić information content (AvgIpc) is 2.48. The highest BCUT2D eigenvalue weighted by molar-refractivity contribution is 7.88. The largest absolute Gasteiger partial charge is 0.217 e. The van der Waals surface area contributed by atoms with E-state index in [9.17, 15) is 13.7 Å². The lowest BCUT2D eigenvalue weighted by atomic mass is 9.77. The van der Waals surface area contributed by atoms with Crippen molar-refractivity contribution in [2.45, 2.75) is 50.3 Å². The number of nitrogens with zero attached hydrogens (tertiary/aromatic N) is 1. The number of benzene rings is 1. The lowest BCUT2D eigenvalue weighted by Gasteiger charge is -2.34. The van der Waals surface area contributed by atoms with Crippen molar-refractivity contribution in [2.24, 2.45) is 5.92 Å².